The van der Waals surface area contributed by atoms with E-state index in [1.54, 1.807) is 0 Å². The summed E-state index contributed by atoms with van der Waals surface area (Å²) in [5.74, 6) is 0. The lowest BCUT2D eigenvalue weighted by Gasteiger charge is -2.25. The van der Waals surface area contributed by atoms with Gasteiger partial charge in [0.1, 0.15) is 39.2 Å². The van der Waals surface area contributed by atoms with Crippen LogP contribution in [0.5, 0.6) is 0 Å². The summed E-state index contributed by atoms with van der Waals surface area (Å²) in [5.41, 5.74) is 7.62. The molecule has 0 bridgehead atoms. The minimum absolute atomic E-state index is 0.205. The van der Waals surface area contributed by atoms with Crippen LogP contribution in [0.4, 0.5) is 0 Å². The van der Waals surface area contributed by atoms with Crippen LogP contribution in [0.15, 0.2) is 140 Å². The predicted octanol–water partition coefficient (Wildman–Crippen LogP) is 7.64. The molecule has 0 aliphatic rings. The smallest absolute Gasteiger partial charge is 0.113 e. The molecule has 1 heterocycles. The van der Waals surface area contributed by atoms with Crippen LogP contribution in [-0.4, -0.2) is 39.2 Å². The average Bonchev–Trinajstić information content (AvgIpc) is 3.58. The zero-order valence-electron chi connectivity index (χ0n) is 28.1. The topological polar surface area (TPSA) is 0 Å². The number of fused-ring (bicyclic) bond motifs is 8. The molecule has 9 aromatic carbocycles. The molecule has 0 fully saturated rings. The monoisotopic (exact) mass is 662 g/mol. The standard InChI is InChI=1S/C46H23B5S/c47-41-40(42(48)44(50)45(51)43(41)49)39-30-17-7-5-15-28(30)37(29-16-6-8-18-31(29)39)33-20-10-22-36-38(33)34-21-9-19-32(46(34)52-36)35-23-24-11-1-2-12-25(24)26-13-3-4-14-27(26)35/h1-23H. The normalized spacial score (nSPS) is 11.8. The molecular weight excluding hydrogens is 639 g/mol. The van der Waals surface area contributed by atoms with Gasteiger partial charge in [-0.05, 0) is 83.0 Å². The van der Waals surface area contributed by atoms with E-state index in [1.165, 1.54) is 58.4 Å². The molecule has 0 unspecified atom stereocenters. The maximum absolute atomic E-state index is 6.73. The average molecular weight is 662 g/mol. The summed E-state index contributed by atoms with van der Waals surface area (Å²) in [6.45, 7) is 0. The van der Waals surface area contributed by atoms with E-state index in [-0.39, 0.29) is 16.4 Å². The molecule has 0 saturated carbocycles. The number of thiophene rings is 1. The highest BCUT2D eigenvalue weighted by Crippen LogP contribution is 2.49. The van der Waals surface area contributed by atoms with Crippen LogP contribution in [0.2, 0.25) is 0 Å². The van der Waals surface area contributed by atoms with E-state index in [4.69, 9.17) is 39.2 Å². The van der Waals surface area contributed by atoms with Gasteiger partial charge < -0.3 is 0 Å². The molecule has 0 nitrogen and oxygen atoms in total. The van der Waals surface area contributed by atoms with Crippen LogP contribution in [0.3, 0.4) is 0 Å². The molecular formula is C46H23B5S. The van der Waals surface area contributed by atoms with Gasteiger partial charge in [-0.2, -0.15) is 0 Å². The first kappa shape index (κ1) is 31.3. The quantitative estimate of drug-likeness (QED) is 0.104. The molecule has 0 aliphatic carbocycles. The maximum atomic E-state index is 6.73. The van der Waals surface area contributed by atoms with E-state index in [0.29, 0.717) is 16.5 Å². The Morgan fingerprint density at radius 3 is 1.46 bits per heavy atom. The second-order valence-corrected chi connectivity index (χ2v) is 14.5. The van der Waals surface area contributed by atoms with Crippen LogP contribution in [0, 0.1) is 0 Å². The van der Waals surface area contributed by atoms with E-state index in [9.17, 15) is 0 Å². The summed E-state index contributed by atoms with van der Waals surface area (Å²) in [5, 5.41) is 11.6. The van der Waals surface area contributed by atoms with Crippen molar-refractivity contribution in [3.05, 3.63) is 140 Å². The first-order valence-electron chi connectivity index (χ1n) is 17.2. The fourth-order valence-electron chi connectivity index (χ4n) is 8.35. The van der Waals surface area contributed by atoms with Crippen molar-refractivity contribution in [2.75, 3.05) is 0 Å². The SMILES string of the molecule is [B]c1c([B])c([B])c(-c2c3ccccc3c(-c3cccc4sc5c(-c6cc7ccccc7c7ccccc67)cccc5c34)c3ccccc23)c([B])c1[B]. The number of hydrogen-bond donors (Lipinski definition) is 0. The third-order valence-electron chi connectivity index (χ3n) is 10.7. The summed E-state index contributed by atoms with van der Waals surface area (Å²) >= 11 is 1.85. The lowest BCUT2D eigenvalue weighted by molar-refractivity contribution is 1.72. The second-order valence-electron chi connectivity index (χ2n) is 13.4. The van der Waals surface area contributed by atoms with Gasteiger partial charge in [-0.3, -0.25) is 0 Å². The summed E-state index contributed by atoms with van der Waals surface area (Å²) in [6, 6.07) is 50.0. The summed E-state index contributed by atoms with van der Waals surface area (Å²) < 4.78 is 2.50. The second kappa shape index (κ2) is 11.8. The lowest BCUT2D eigenvalue weighted by atomic mass is 9.59. The highest BCUT2D eigenvalue weighted by atomic mass is 32.1. The summed E-state index contributed by atoms with van der Waals surface area (Å²) in [6.07, 6.45) is 0. The molecule has 10 aromatic rings. The van der Waals surface area contributed by atoms with Crippen LogP contribution >= 0.6 is 11.3 Å². The predicted molar refractivity (Wildman–Crippen MR) is 233 cm³/mol. The first-order chi connectivity index (χ1) is 25.4. The Balaban J connectivity index is 1.31. The molecule has 1 aromatic heterocycles. The van der Waals surface area contributed by atoms with E-state index in [1.807, 2.05) is 23.5 Å². The summed E-state index contributed by atoms with van der Waals surface area (Å²) in [4.78, 5) is 0. The van der Waals surface area contributed by atoms with Gasteiger partial charge in [-0.25, -0.2) is 0 Å². The fourth-order valence-corrected chi connectivity index (χ4v) is 9.61. The van der Waals surface area contributed by atoms with E-state index in [0.717, 1.165) is 32.7 Å². The van der Waals surface area contributed by atoms with E-state index >= 15 is 0 Å². The van der Waals surface area contributed by atoms with Gasteiger partial charge in [0.15, 0.2) is 0 Å². The third-order valence-corrected chi connectivity index (χ3v) is 11.9. The van der Waals surface area contributed by atoms with Gasteiger partial charge in [-0.1, -0.05) is 138 Å². The molecule has 10 radical (unpaired) electrons. The molecule has 0 aliphatic heterocycles. The van der Waals surface area contributed by atoms with Crippen molar-refractivity contribution in [3.63, 3.8) is 0 Å². The first-order valence-corrected chi connectivity index (χ1v) is 18.0. The Bertz CT molecular complexity index is 3050. The van der Waals surface area contributed by atoms with E-state index < -0.39 is 0 Å². The van der Waals surface area contributed by atoms with Crippen molar-refractivity contribution >= 4 is 141 Å². The Morgan fingerprint density at radius 2 is 0.808 bits per heavy atom. The number of rotatable bonds is 3. The fraction of sp³-hybridized carbons (Fsp3) is 0. The molecule has 0 atom stereocenters. The molecule has 0 saturated heterocycles. The highest BCUT2D eigenvalue weighted by molar-refractivity contribution is 7.26. The van der Waals surface area contributed by atoms with Crippen molar-refractivity contribution in [1.29, 1.82) is 0 Å². The zero-order chi connectivity index (χ0) is 35.2. The van der Waals surface area contributed by atoms with Crippen LogP contribution in [-0.2, 0) is 0 Å². The highest BCUT2D eigenvalue weighted by Gasteiger charge is 2.23. The van der Waals surface area contributed by atoms with Crippen LogP contribution in [0.1, 0.15) is 0 Å². The minimum atomic E-state index is 0.205. The van der Waals surface area contributed by atoms with Gasteiger partial charge in [0, 0.05) is 25.7 Å². The largest absolute Gasteiger partial charge is 0.135 e. The van der Waals surface area contributed by atoms with Gasteiger partial charge in [0.05, 0.1) is 0 Å². The van der Waals surface area contributed by atoms with Gasteiger partial charge in [0.25, 0.3) is 0 Å². The Morgan fingerprint density at radius 1 is 0.327 bits per heavy atom. The maximum Gasteiger partial charge on any atom is 0.113 e. The van der Waals surface area contributed by atoms with E-state index in [2.05, 4.69) is 127 Å². The molecule has 0 amide bonds. The lowest BCUT2D eigenvalue weighted by Crippen LogP contribution is -2.55. The van der Waals surface area contributed by atoms with Gasteiger partial charge in [0.2, 0.25) is 0 Å². The van der Waals surface area contributed by atoms with Crippen molar-refractivity contribution < 1.29 is 0 Å². The molecule has 6 heteroatoms. The molecule has 52 heavy (non-hydrogen) atoms. The molecule has 0 N–H and O–H groups in total. The van der Waals surface area contributed by atoms with Crippen molar-refractivity contribution in [1.82, 2.24) is 0 Å². The van der Waals surface area contributed by atoms with Crippen LogP contribution < -0.4 is 27.3 Å². The Kier molecular flexibility index (Phi) is 7.11. The Hall–Kier alpha value is -5.44. The number of hydrogen-bond acceptors (Lipinski definition) is 1. The number of benzene rings is 9. The van der Waals surface area contributed by atoms with Gasteiger partial charge >= 0.3 is 0 Å². The zero-order valence-corrected chi connectivity index (χ0v) is 28.9. The van der Waals surface area contributed by atoms with Crippen LogP contribution in [0.25, 0.3) is 96.6 Å². The van der Waals surface area contributed by atoms with Crippen molar-refractivity contribution in [2.24, 2.45) is 0 Å². The molecule has 10 rings (SSSR count). The molecule has 0 spiro atoms. The summed E-state index contributed by atoms with van der Waals surface area (Å²) in [7, 11) is 32.5. The Labute approximate surface area is 312 Å². The van der Waals surface area contributed by atoms with Gasteiger partial charge in [-0.15, -0.1) is 27.7 Å². The third kappa shape index (κ3) is 4.41. The van der Waals surface area contributed by atoms with Crippen molar-refractivity contribution in [2.45, 2.75) is 0 Å². The van der Waals surface area contributed by atoms with Crippen molar-refractivity contribution in [3.8, 4) is 33.4 Å². The molecule has 228 valence electrons. The minimum Gasteiger partial charge on any atom is -0.135 e.